The number of hydrogen-bond donors (Lipinski definition) is 1. The van der Waals surface area contributed by atoms with E-state index in [1.54, 1.807) is 11.1 Å². The Bertz CT molecular complexity index is 461. The third kappa shape index (κ3) is 3.79. The van der Waals surface area contributed by atoms with Crippen molar-refractivity contribution in [3.63, 3.8) is 0 Å². The van der Waals surface area contributed by atoms with Gasteiger partial charge in [-0.05, 0) is 80.8 Å². The molecule has 0 bridgehead atoms. The molecule has 1 aromatic rings. The quantitative estimate of drug-likeness (QED) is 0.838. The van der Waals surface area contributed by atoms with E-state index in [1.807, 2.05) is 0 Å². The first kappa shape index (κ1) is 14.9. The number of rotatable bonds is 4. The molecule has 1 aliphatic heterocycles. The van der Waals surface area contributed by atoms with Crippen molar-refractivity contribution >= 4 is 5.69 Å². The zero-order valence-electron chi connectivity index (χ0n) is 13.7. The first-order valence-electron chi connectivity index (χ1n) is 8.82. The van der Waals surface area contributed by atoms with Gasteiger partial charge in [0, 0.05) is 18.3 Å². The normalized spacial score (nSPS) is 23.1. The SMILES string of the molecule is CC(C)CNc1ccc2c(c1)CC[C@@H](N1CCCC1)CC2. The topological polar surface area (TPSA) is 15.3 Å². The molecule has 1 aliphatic carbocycles. The minimum Gasteiger partial charge on any atom is -0.385 e. The van der Waals surface area contributed by atoms with E-state index in [0.717, 1.165) is 12.6 Å². The molecular formula is C19H30N2. The van der Waals surface area contributed by atoms with Gasteiger partial charge < -0.3 is 10.2 Å². The van der Waals surface area contributed by atoms with Gasteiger partial charge in [-0.3, -0.25) is 0 Å². The molecule has 21 heavy (non-hydrogen) atoms. The highest BCUT2D eigenvalue weighted by Crippen LogP contribution is 2.27. The van der Waals surface area contributed by atoms with Crippen LogP contribution in [0.5, 0.6) is 0 Å². The molecule has 1 saturated heterocycles. The largest absolute Gasteiger partial charge is 0.385 e. The summed E-state index contributed by atoms with van der Waals surface area (Å²) >= 11 is 0. The lowest BCUT2D eigenvalue weighted by Gasteiger charge is -2.25. The molecule has 2 aliphatic rings. The van der Waals surface area contributed by atoms with E-state index in [4.69, 9.17) is 0 Å². The van der Waals surface area contributed by atoms with E-state index in [2.05, 4.69) is 42.3 Å². The maximum atomic E-state index is 3.57. The minimum atomic E-state index is 0.698. The van der Waals surface area contributed by atoms with Gasteiger partial charge in [-0.25, -0.2) is 0 Å². The summed E-state index contributed by atoms with van der Waals surface area (Å²) in [6.07, 6.45) is 8.04. The van der Waals surface area contributed by atoms with E-state index in [1.165, 1.54) is 57.3 Å². The summed E-state index contributed by atoms with van der Waals surface area (Å²) in [6.45, 7) is 8.26. The van der Waals surface area contributed by atoms with Crippen LogP contribution in [0.15, 0.2) is 18.2 Å². The van der Waals surface area contributed by atoms with Gasteiger partial charge in [0.15, 0.2) is 0 Å². The van der Waals surface area contributed by atoms with Gasteiger partial charge in [0.1, 0.15) is 0 Å². The van der Waals surface area contributed by atoms with Crippen LogP contribution in [-0.4, -0.2) is 30.6 Å². The standard InChI is InChI=1S/C19H30N2/c1-15(2)14-20-18-8-5-16-6-9-19(10-7-17(16)13-18)21-11-3-4-12-21/h5,8,13,15,19-20H,3-4,6-7,9-12,14H2,1-2H3/t19-/m0/s1. The van der Waals surface area contributed by atoms with Gasteiger partial charge in [0.2, 0.25) is 0 Å². The molecule has 2 heteroatoms. The Labute approximate surface area is 129 Å². The molecule has 0 spiro atoms. The average Bonchev–Trinajstić information content (AvgIpc) is 2.92. The second-order valence-electron chi connectivity index (χ2n) is 7.23. The number of likely N-dealkylation sites (tertiary alicyclic amines) is 1. The molecule has 0 saturated carbocycles. The molecular weight excluding hydrogens is 256 g/mol. The van der Waals surface area contributed by atoms with Crippen LogP contribution in [0.1, 0.15) is 50.7 Å². The Balaban J connectivity index is 1.64. The van der Waals surface area contributed by atoms with Gasteiger partial charge in [-0.1, -0.05) is 19.9 Å². The van der Waals surface area contributed by atoms with Crippen molar-refractivity contribution < 1.29 is 0 Å². The number of aryl methyl sites for hydroxylation is 2. The number of fused-ring (bicyclic) bond motifs is 1. The molecule has 1 atom stereocenters. The lowest BCUT2D eigenvalue weighted by Crippen LogP contribution is -2.32. The van der Waals surface area contributed by atoms with Gasteiger partial charge in [0.05, 0.1) is 0 Å². The van der Waals surface area contributed by atoms with Crippen molar-refractivity contribution in [1.29, 1.82) is 0 Å². The molecule has 0 unspecified atom stereocenters. The van der Waals surface area contributed by atoms with Crippen LogP contribution in [0.4, 0.5) is 5.69 Å². The molecule has 116 valence electrons. The van der Waals surface area contributed by atoms with Crippen molar-refractivity contribution in [2.75, 3.05) is 25.0 Å². The molecule has 1 aromatic carbocycles. The number of anilines is 1. The van der Waals surface area contributed by atoms with Crippen LogP contribution in [-0.2, 0) is 12.8 Å². The zero-order valence-corrected chi connectivity index (χ0v) is 13.7. The van der Waals surface area contributed by atoms with Crippen LogP contribution >= 0.6 is 0 Å². The van der Waals surface area contributed by atoms with Gasteiger partial charge in [-0.2, -0.15) is 0 Å². The Kier molecular flexibility index (Phi) is 4.84. The van der Waals surface area contributed by atoms with E-state index in [0.29, 0.717) is 5.92 Å². The molecule has 1 fully saturated rings. The number of hydrogen-bond acceptors (Lipinski definition) is 2. The second-order valence-corrected chi connectivity index (χ2v) is 7.23. The predicted molar refractivity (Wildman–Crippen MR) is 91.0 cm³/mol. The van der Waals surface area contributed by atoms with Crippen molar-refractivity contribution in [1.82, 2.24) is 4.90 Å². The lowest BCUT2D eigenvalue weighted by molar-refractivity contribution is 0.222. The van der Waals surface area contributed by atoms with Crippen molar-refractivity contribution in [2.45, 2.75) is 58.4 Å². The summed E-state index contributed by atoms with van der Waals surface area (Å²) in [4.78, 5) is 2.74. The van der Waals surface area contributed by atoms with E-state index in [9.17, 15) is 0 Å². The molecule has 2 nitrogen and oxygen atoms in total. The van der Waals surface area contributed by atoms with Crippen molar-refractivity contribution in [3.8, 4) is 0 Å². The van der Waals surface area contributed by atoms with Crippen LogP contribution in [0, 0.1) is 5.92 Å². The van der Waals surface area contributed by atoms with E-state index >= 15 is 0 Å². The van der Waals surface area contributed by atoms with Crippen molar-refractivity contribution in [2.24, 2.45) is 5.92 Å². The Hall–Kier alpha value is -1.02. The smallest absolute Gasteiger partial charge is 0.0343 e. The van der Waals surface area contributed by atoms with Gasteiger partial charge in [0.25, 0.3) is 0 Å². The summed E-state index contributed by atoms with van der Waals surface area (Å²) < 4.78 is 0. The maximum absolute atomic E-state index is 3.57. The van der Waals surface area contributed by atoms with E-state index < -0.39 is 0 Å². The summed E-state index contributed by atoms with van der Waals surface area (Å²) in [5.74, 6) is 0.698. The molecule has 0 aromatic heterocycles. The second kappa shape index (κ2) is 6.83. The van der Waals surface area contributed by atoms with Crippen LogP contribution in [0.2, 0.25) is 0 Å². The van der Waals surface area contributed by atoms with Crippen LogP contribution < -0.4 is 5.32 Å². The number of nitrogens with one attached hydrogen (secondary N) is 1. The highest BCUT2D eigenvalue weighted by Gasteiger charge is 2.24. The lowest BCUT2D eigenvalue weighted by atomic mass is 10.0. The summed E-state index contributed by atoms with van der Waals surface area (Å²) in [7, 11) is 0. The summed E-state index contributed by atoms with van der Waals surface area (Å²) in [5, 5.41) is 3.57. The Morgan fingerprint density at radius 1 is 1.10 bits per heavy atom. The third-order valence-electron chi connectivity index (χ3n) is 5.07. The van der Waals surface area contributed by atoms with Crippen molar-refractivity contribution in [3.05, 3.63) is 29.3 Å². The zero-order chi connectivity index (χ0) is 14.7. The van der Waals surface area contributed by atoms with Gasteiger partial charge in [-0.15, -0.1) is 0 Å². The first-order chi connectivity index (χ1) is 10.2. The minimum absolute atomic E-state index is 0.698. The molecule has 0 radical (unpaired) electrons. The average molecular weight is 286 g/mol. The fourth-order valence-electron chi connectivity index (χ4n) is 3.79. The fourth-order valence-corrected chi connectivity index (χ4v) is 3.79. The Morgan fingerprint density at radius 3 is 2.52 bits per heavy atom. The monoisotopic (exact) mass is 286 g/mol. The highest BCUT2D eigenvalue weighted by atomic mass is 15.2. The fraction of sp³-hybridized carbons (Fsp3) is 0.684. The van der Waals surface area contributed by atoms with Crippen LogP contribution in [0.3, 0.4) is 0 Å². The molecule has 0 amide bonds. The summed E-state index contributed by atoms with van der Waals surface area (Å²) in [5.41, 5.74) is 4.49. The molecule has 1 N–H and O–H groups in total. The maximum Gasteiger partial charge on any atom is 0.0343 e. The number of benzene rings is 1. The molecule has 3 rings (SSSR count). The van der Waals surface area contributed by atoms with Gasteiger partial charge >= 0.3 is 0 Å². The number of nitrogens with zero attached hydrogens (tertiary/aromatic N) is 1. The Morgan fingerprint density at radius 2 is 1.81 bits per heavy atom. The van der Waals surface area contributed by atoms with Crippen LogP contribution in [0.25, 0.3) is 0 Å². The summed E-state index contributed by atoms with van der Waals surface area (Å²) in [6, 6.07) is 7.87. The third-order valence-corrected chi connectivity index (χ3v) is 5.07. The molecule has 1 heterocycles. The first-order valence-corrected chi connectivity index (χ1v) is 8.82. The highest BCUT2D eigenvalue weighted by molar-refractivity contribution is 5.49. The van der Waals surface area contributed by atoms with E-state index in [-0.39, 0.29) is 0 Å². The predicted octanol–water partition coefficient (Wildman–Crippen LogP) is 4.10.